The van der Waals surface area contributed by atoms with Gasteiger partial charge in [-0.2, -0.15) is 0 Å². The first kappa shape index (κ1) is 23.3. The average molecular weight is 433 g/mol. The first-order chi connectivity index (χ1) is 15.6. The van der Waals surface area contributed by atoms with Crippen molar-refractivity contribution in [2.24, 2.45) is 0 Å². The topological polar surface area (TPSA) is 67.4 Å². The second kappa shape index (κ2) is 11.3. The van der Waals surface area contributed by atoms with Gasteiger partial charge in [-0.3, -0.25) is 9.59 Å². The Labute approximate surface area is 190 Å². The first-order valence-corrected chi connectivity index (χ1v) is 11.4. The normalized spacial score (nSPS) is 13.8. The molecule has 0 aliphatic heterocycles. The van der Waals surface area contributed by atoms with Gasteiger partial charge in [0.25, 0.3) is 5.91 Å². The molecule has 0 spiro atoms. The van der Waals surface area contributed by atoms with Crippen LogP contribution in [-0.4, -0.2) is 25.0 Å². The van der Waals surface area contributed by atoms with Gasteiger partial charge in [0.05, 0.1) is 18.6 Å². The van der Waals surface area contributed by atoms with Gasteiger partial charge in [-0.05, 0) is 53.8 Å². The minimum atomic E-state index is -0.445. The number of carbonyl (C=O) groups is 2. The van der Waals surface area contributed by atoms with Crippen molar-refractivity contribution in [3.63, 3.8) is 0 Å². The van der Waals surface area contributed by atoms with Crippen molar-refractivity contribution in [1.82, 2.24) is 10.6 Å². The molecule has 1 fully saturated rings. The molecule has 4 rings (SSSR count). The van der Waals surface area contributed by atoms with Crippen LogP contribution in [0.1, 0.15) is 61.5 Å². The maximum atomic E-state index is 13.1. The zero-order valence-corrected chi connectivity index (χ0v) is 19.1. The zero-order chi connectivity index (χ0) is 22.9. The molecule has 32 heavy (non-hydrogen) atoms. The largest absolute Gasteiger partial charge is 0.490 e. The Morgan fingerprint density at radius 1 is 1.00 bits per heavy atom. The molecule has 0 radical (unpaired) electrons. The highest BCUT2D eigenvalue weighted by Crippen LogP contribution is 2.28. The lowest BCUT2D eigenvalue weighted by Crippen LogP contribution is -2.33. The van der Waals surface area contributed by atoms with Crippen molar-refractivity contribution in [2.45, 2.75) is 51.7 Å². The van der Waals surface area contributed by atoms with Crippen LogP contribution in [0.15, 0.2) is 66.7 Å². The number of amides is 2. The molecule has 2 N–H and O–H groups in total. The lowest BCUT2D eigenvalue weighted by molar-refractivity contribution is -0.121. The van der Waals surface area contributed by atoms with Crippen LogP contribution in [0.2, 0.25) is 0 Å². The molecule has 1 unspecified atom stereocenters. The van der Waals surface area contributed by atoms with Crippen molar-refractivity contribution >= 4 is 22.6 Å². The first-order valence-electron chi connectivity index (χ1n) is 11.4. The van der Waals surface area contributed by atoms with Crippen LogP contribution in [-0.2, 0) is 4.79 Å². The highest BCUT2D eigenvalue weighted by atomic mass is 16.5. The summed E-state index contributed by atoms with van der Waals surface area (Å²) in [7, 11) is 1.60. The molecule has 168 valence electrons. The number of rotatable bonds is 7. The summed E-state index contributed by atoms with van der Waals surface area (Å²) >= 11 is 0. The molecule has 0 heterocycles. The number of nitrogens with one attached hydrogen (secondary N) is 2. The standard InChI is InChI=1S/C25H26N2O3.C2H6/c1-26-24(28)16-23(22-14-5-8-17-7-2-3-13-21(17)22)27-25(29)18-9-4-12-20(15-18)30-19-10-6-11-19;1-2/h2-5,7-9,12-15,19,23H,6,10-11,16H2,1H3,(H,26,28)(H,27,29);1-2H3. The van der Waals surface area contributed by atoms with Crippen LogP contribution in [0.5, 0.6) is 5.75 Å². The van der Waals surface area contributed by atoms with Crippen molar-refractivity contribution in [2.75, 3.05) is 7.05 Å². The molecule has 2 amide bonds. The fraction of sp³-hybridized carbons (Fsp3) is 0.333. The van der Waals surface area contributed by atoms with E-state index in [0.717, 1.165) is 29.2 Å². The maximum Gasteiger partial charge on any atom is 0.251 e. The summed E-state index contributed by atoms with van der Waals surface area (Å²) in [6, 6.07) is 20.7. The summed E-state index contributed by atoms with van der Waals surface area (Å²) in [5, 5.41) is 7.82. The predicted molar refractivity (Wildman–Crippen MR) is 129 cm³/mol. The molecule has 5 nitrogen and oxygen atoms in total. The maximum absolute atomic E-state index is 13.1. The van der Waals surface area contributed by atoms with Crippen molar-refractivity contribution in [3.05, 3.63) is 77.9 Å². The molecule has 1 aliphatic rings. The molecule has 1 aliphatic carbocycles. The highest BCUT2D eigenvalue weighted by Gasteiger charge is 2.22. The fourth-order valence-corrected chi connectivity index (χ4v) is 3.71. The van der Waals surface area contributed by atoms with E-state index in [4.69, 9.17) is 4.74 Å². The van der Waals surface area contributed by atoms with Crippen molar-refractivity contribution in [1.29, 1.82) is 0 Å². The van der Waals surface area contributed by atoms with Gasteiger partial charge in [-0.1, -0.05) is 62.4 Å². The molecule has 0 saturated heterocycles. The molecule has 5 heteroatoms. The van der Waals surface area contributed by atoms with Crippen LogP contribution >= 0.6 is 0 Å². The van der Waals surface area contributed by atoms with E-state index in [1.165, 1.54) is 6.42 Å². The van der Waals surface area contributed by atoms with E-state index in [9.17, 15) is 9.59 Å². The van der Waals surface area contributed by atoms with Crippen LogP contribution in [0.4, 0.5) is 0 Å². The molecule has 3 aromatic carbocycles. The summed E-state index contributed by atoms with van der Waals surface area (Å²) in [6.45, 7) is 4.00. The van der Waals surface area contributed by atoms with E-state index < -0.39 is 6.04 Å². The summed E-state index contributed by atoms with van der Waals surface area (Å²) < 4.78 is 5.93. The zero-order valence-electron chi connectivity index (χ0n) is 19.1. The fourth-order valence-electron chi connectivity index (χ4n) is 3.71. The van der Waals surface area contributed by atoms with Crippen LogP contribution in [0, 0.1) is 0 Å². The quantitative estimate of drug-likeness (QED) is 0.525. The number of hydrogen-bond acceptors (Lipinski definition) is 3. The third kappa shape index (κ3) is 5.67. The van der Waals surface area contributed by atoms with Crippen LogP contribution in [0.3, 0.4) is 0 Å². The Kier molecular flexibility index (Phi) is 8.26. The lowest BCUT2D eigenvalue weighted by atomic mass is 9.96. The Hall–Kier alpha value is -3.34. The smallest absolute Gasteiger partial charge is 0.251 e. The Morgan fingerprint density at radius 3 is 2.44 bits per heavy atom. The minimum Gasteiger partial charge on any atom is -0.490 e. The minimum absolute atomic E-state index is 0.129. The molecule has 0 aromatic heterocycles. The molecule has 1 atom stereocenters. The second-order valence-electron chi connectivity index (χ2n) is 7.67. The molecule has 0 bridgehead atoms. The summed E-state index contributed by atoms with van der Waals surface area (Å²) in [4.78, 5) is 25.2. The molecule has 1 saturated carbocycles. The van der Waals surface area contributed by atoms with E-state index >= 15 is 0 Å². The Bertz CT molecular complexity index is 1050. The number of fused-ring (bicyclic) bond motifs is 1. The molecular weight excluding hydrogens is 400 g/mol. The van der Waals surface area contributed by atoms with E-state index in [1.807, 2.05) is 68.4 Å². The van der Waals surface area contributed by atoms with Gasteiger partial charge in [0, 0.05) is 12.6 Å². The number of carbonyl (C=O) groups excluding carboxylic acids is 2. The SMILES string of the molecule is CC.CNC(=O)CC(NC(=O)c1cccc(OC2CCC2)c1)c1cccc2ccccc12. The lowest BCUT2D eigenvalue weighted by Gasteiger charge is -2.26. The highest BCUT2D eigenvalue weighted by molar-refractivity contribution is 5.96. The predicted octanol–water partition coefficient (Wildman–Crippen LogP) is 5.40. The Balaban J connectivity index is 0.00000141. The van der Waals surface area contributed by atoms with E-state index in [-0.39, 0.29) is 24.3 Å². The van der Waals surface area contributed by atoms with Crippen LogP contribution < -0.4 is 15.4 Å². The monoisotopic (exact) mass is 432 g/mol. The van der Waals surface area contributed by atoms with Gasteiger partial charge in [0.1, 0.15) is 5.75 Å². The summed E-state index contributed by atoms with van der Waals surface area (Å²) in [5.41, 5.74) is 1.45. The van der Waals surface area contributed by atoms with E-state index in [1.54, 1.807) is 19.2 Å². The van der Waals surface area contributed by atoms with Gasteiger partial charge in [0.2, 0.25) is 5.91 Å². The van der Waals surface area contributed by atoms with Gasteiger partial charge >= 0.3 is 0 Å². The van der Waals surface area contributed by atoms with E-state index in [2.05, 4.69) is 10.6 Å². The van der Waals surface area contributed by atoms with Gasteiger partial charge in [-0.15, -0.1) is 0 Å². The Morgan fingerprint density at radius 2 is 1.72 bits per heavy atom. The van der Waals surface area contributed by atoms with Gasteiger partial charge in [0.15, 0.2) is 0 Å². The molecule has 3 aromatic rings. The summed E-state index contributed by atoms with van der Waals surface area (Å²) in [5.74, 6) is 0.353. The second-order valence-corrected chi connectivity index (χ2v) is 7.67. The number of hydrogen-bond donors (Lipinski definition) is 2. The molecular formula is C27H32N2O3. The third-order valence-corrected chi connectivity index (χ3v) is 5.62. The van der Waals surface area contributed by atoms with Crippen molar-refractivity contribution in [3.8, 4) is 5.75 Å². The summed E-state index contributed by atoms with van der Waals surface area (Å²) in [6.07, 6.45) is 3.73. The van der Waals surface area contributed by atoms with Crippen LogP contribution in [0.25, 0.3) is 10.8 Å². The van der Waals surface area contributed by atoms with Gasteiger partial charge in [-0.25, -0.2) is 0 Å². The third-order valence-electron chi connectivity index (χ3n) is 5.62. The van der Waals surface area contributed by atoms with E-state index in [0.29, 0.717) is 11.3 Å². The average Bonchev–Trinajstić information content (AvgIpc) is 2.82. The van der Waals surface area contributed by atoms with Crippen molar-refractivity contribution < 1.29 is 14.3 Å². The number of ether oxygens (including phenoxy) is 1. The number of benzene rings is 3. The van der Waals surface area contributed by atoms with Gasteiger partial charge < -0.3 is 15.4 Å².